The molecule has 6 nitrogen and oxygen atoms in total. The van der Waals surface area contributed by atoms with Crippen LogP contribution in [-0.2, 0) is 4.79 Å². The number of amides is 1. The Bertz CT molecular complexity index is 479. The highest BCUT2D eigenvalue weighted by Crippen LogP contribution is 2.28. The Morgan fingerprint density at radius 2 is 2.25 bits per heavy atom. The number of ether oxygens (including phenoxy) is 1. The quantitative estimate of drug-likeness (QED) is 0.734. The molecule has 1 aliphatic heterocycles. The number of rotatable bonds is 4. The summed E-state index contributed by atoms with van der Waals surface area (Å²) in [4.78, 5) is 13.3. The number of anilines is 2. The van der Waals surface area contributed by atoms with Gasteiger partial charge >= 0.3 is 0 Å². The van der Waals surface area contributed by atoms with Gasteiger partial charge in [-0.2, -0.15) is 0 Å². The van der Waals surface area contributed by atoms with E-state index in [1.54, 1.807) is 18.2 Å². The maximum Gasteiger partial charge on any atom is 0.221 e. The summed E-state index contributed by atoms with van der Waals surface area (Å²) in [5.41, 5.74) is 3.02. The van der Waals surface area contributed by atoms with E-state index in [9.17, 15) is 4.79 Å². The molecule has 1 amide bonds. The molecule has 3 N–H and O–H groups in total. The molecule has 0 bridgehead atoms. The second-order valence-corrected chi connectivity index (χ2v) is 5.14. The van der Waals surface area contributed by atoms with E-state index in [1.165, 1.54) is 6.92 Å². The number of benzene rings is 1. The number of likely N-dealkylation sites (tertiary alicyclic amines) is 1. The van der Waals surface area contributed by atoms with Crippen LogP contribution in [0.5, 0.6) is 5.75 Å². The van der Waals surface area contributed by atoms with Gasteiger partial charge in [0, 0.05) is 19.5 Å². The van der Waals surface area contributed by atoms with Gasteiger partial charge in [0.2, 0.25) is 5.91 Å². The highest BCUT2D eigenvalue weighted by atomic mass is 16.5. The van der Waals surface area contributed by atoms with Crippen molar-refractivity contribution in [1.82, 2.24) is 4.90 Å². The van der Waals surface area contributed by atoms with Gasteiger partial charge in [-0.25, -0.2) is 0 Å². The van der Waals surface area contributed by atoms with Crippen molar-refractivity contribution in [3.63, 3.8) is 0 Å². The molecule has 0 aliphatic carbocycles. The molecule has 0 saturated carbocycles. The lowest BCUT2D eigenvalue weighted by atomic mass is 10.1. The molecular weight excluding hydrogens is 258 g/mol. The highest BCUT2D eigenvalue weighted by molar-refractivity contribution is 5.92. The third-order valence-corrected chi connectivity index (χ3v) is 3.31. The lowest BCUT2D eigenvalue weighted by Gasteiger charge is -2.30. The van der Waals surface area contributed by atoms with Gasteiger partial charge < -0.3 is 15.0 Å². The summed E-state index contributed by atoms with van der Waals surface area (Å²) in [7, 11) is 2.08. The molecule has 1 aromatic rings. The Morgan fingerprint density at radius 1 is 1.45 bits per heavy atom. The number of likely N-dealkylation sites (N-methyl/N-ethyl adjacent to an activating group) is 1. The van der Waals surface area contributed by atoms with E-state index in [-0.39, 0.29) is 12.0 Å². The van der Waals surface area contributed by atoms with Crippen molar-refractivity contribution in [3.8, 4) is 5.75 Å². The Balaban J connectivity index is 2.07. The third kappa shape index (κ3) is 3.85. The SMILES string of the molecule is CC(=O)Nc1ccc(OC2CCCN(C)C2)cc1NO. The van der Waals surface area contributed by atoms with Gasteiger partial charge in [-0.05, 0) is 38.6 Å². The summed E-state index contributed by atoms with van der Waals surface area (Å²) in [6.45, 7) is 3.42. The minimum atomic E-state index is -0.191. The zero-order valence-electron chi connectivity index (χ0n) is 11.8. The molecule has 1 heterocycles. The number of nitrogens with zero attached hydrogens (tertiary/aromatic N) is 1. The number of nitrogens with one attached hydrogen (secondary N) is 2. The van der Waals surface area contributed by atoms with Gasteiger partial charge in [0.25, 0.3) is 0 Å². The second-order valence-electron chi connectivity index (χ2n) is 5.14. The van der Waals surface area contributed by atoms with Gasteiger partial charge in [-0.3, -0.25) is 15.5 Å². The molecule has 0 aromatic heterocycles. The first-order valence-electron chi connectivity index (χ1n) is 6.75. The topological polar surface area (TPSA) is 73.8 Å². The van der Waals surface area contributed by atoms with E-state index in [1.807, 2.05) is 0 Å². The number of hydrogen-bond acceptors (Lipinski definition) is 5. The van der Waals surface area contributed by atoms with Gasteiger partial charge in [0.15, 0.2) is 0 Å². The minimum Gasteiger partial charge on any atom is -0.489 e. The third-order valence-electron chi connectivity index (χ3n) is 3.31. The predicted octanol–water partition coefficient (Wildman–Crippen LogP) is 1.92. The molecule has 2 rings (SSSR count). The first-order chi connectivity index (χ1) is 9.58. The summed E-state index contributed by atoms with van der Waals surface area (Å²) in [5, 5.41) is 11.8. The molecule has 0 radical (unpaired) electrons. The largest absolute Gasteiger partial charge is 0.489 e. The predicted molar refractivity (Wildman–Crippen MR) is 77.3 cm³/mol. The zero-order chi connectivity index (χ0) is 14.5. The fraction of sp³-hybridized carbons (Fsp3) is 0.500. The zero-order valence-corrected chi connectivity index (χ0v) is 11.8. The molecule has 20 heavy (non-hydrogen) atoms. The smallest absolute Gasteiger partial charge is 0.221 e. The van der Waals surface area contributed by atoms with Crippen LogP contribution in [0.4, 0.5) is 11.4 Å². The number of piperidine rings is 1. The second kappa shape index (κ2) is 6.58. The maximum absolute atomic E-state index is 11.1. The van der Waals surface area contributed by atoms with E-state index in [4.69, 9.17) is 9.94 Å². The van der Waals surface area contributed by atoms with Gasteiger partial charge in [0.05, 0.1) is 11.4 Å². The van der Waals surface area contributed by atoms with E-state index < -0.39 is 0 Å². The minimum absolute atomic E-state index is 0.159. The van der Waals surface area contributed by atoms with Crippen LogP contribution in [0.15, 0.2) is 18.2 Å². The highest BCUT2D eigenvalue weighted by Gasteiger charge is 2.19. The van der Waals surface area contributed by atoms with E-state index in [0.717, 1.165) is 25.9 Å². The molecule has 0 spiro atoms. The van der Waals surface area contributed by atoms with Crippen molar-refractivity contribution in [2.24, 2.45) is 0 Å². The van der Waals surface area contributed by atoms with Crippen LogP contribution in [0.25, 0.3) is 0 Å². The standard InChI is InChI=1S/C14H21N3O3/c1-10(18)15-13-6-5-11(8-14(13)16-19)20-12-4-3-7-17(2)9-12/h5-6,8,12,16,19H,3-4,7,9H2,1-2H3,(H,15,18). The normalized spacial score (nSPS) is 19.4. The summed E-state index contributed by atoms with van der Waals surface area (Å²) in [5.74, 6) is 0.486. The first kappa shape index (κ1) is 14.6. The Labute approximate surface area is 118 Å². The van der Waals surface area contributed by atoms with E-state index in [2.05, 4.69) is 22.7 Å². The average molecular weight is 279 g/mol. The van der Waals surface area contributed by atoms with Crippen LogP contribution in [-0.4, -0.2) is 42.3 Å². The van der Waals surface area contributed by atoms with Crippen molar-refractivity contribution < 1.29 is 14.7 Å². The fourth-order valence-corrected chi connectivity index (χ4v) is 2.40. The molecular formula is C14H21N3O3. The van der Waals surface area contributed by atoms with E-state index in [0.29, 0.717) is 17.1 Å². The van der Waals surface area contributed by atoms with Crippen LogP contribution < -0.4 is 15.5 Å². The molecule has 1 fully saturated rings. The van der Waals surface area contributed by atoms with Crippen LogP contribution in [0, 0.1) is 0 Å². The summed E-state index contributed by atoms with van der Waals surface area (Å²) < 4.78 is 5.92. The van der Waals surface area contributed by atoms with Crippen molar-refractivity contribution >= 4 is 17.3 Å². The average Bonchev–Trinajstić information content (AvgIpc) is 2.40. The van der Waals surface area contributed by atoms with Crippen LogP contribution in [0.3, 0.4) is 0 Å². The molecule has 1 unspecified atom stereocenters. The molecule has 110 valence electrons. The van der Waals surface area contributed by atoms with Crippen LogP contribution in [0.2, 0.25) is 0 Å². The van der Waals surface area contributed by atoms with Crippen LogP contribution in [0.1, 0.15) is 19.8 Å². The summed E-state index contributed by atoms with van der Waals surface area (Å²) in [6, 6.07) is 5.18. The Kier molecular flexibility index (Phi) is 4.81. The van der Waals surface area contributed by atoms with Crippen LogP contribution >= 0.6 is 0 Å². The Morgan fingerprint density at radius 3 is 2.90 bits per heavy atom. The van der Waals surface area contributed by atoms with Gasteiger partial charge in [-0.1, -0.05) is 0 Å². The summed E-state index contributed by atoms with van der Waals surface area (Å²) >= 11 is 0. The molecule has 1 aromatic carbocycles. The van der Waals surface area contributed by atoms with Gasteiger partial charge in [0.1, 0.15) is 11.9 Å². The van der Waals surface area contributed by atoms with Crippen molar-refractivity contribution in [1.29, 1.82) is 0 Å². The fourth-order valence-electron chi connectivity index (χ4n) is 2.40. The number of carbonyl (C=O) groups excluding carboxylic acids is 1. The molecule has 6 heteroatoms. The first-order valence-corrected chi connectivity index (χ1v) is 6.75. The lowest BCUT2D eigenvalue weighted by Crippen LogP contribution is -2.38. The molecule has 1 aliphatic rings. The van der Waals surface area contributed by atoms with Crippen molar-refractivity contribution in [3.05, 3.63) is 18.2 Å². The molecule has 1 saturated heterocycles. The Hall–Kier alpha value is -1.79. The van der Waals surface area contributed by atoms with E-state index >= 15 is 0 Å². The number of carbonyl (C=O) groups is 1. The van der Waals surface area contributed by atoms with Gasteiger partial charge in [-0.15, -0.1) is 0 Å². The molecule has 1 atom stereocenters. The lowest BCUT2D eigenvalue weighted by molar-refractivity contribution is -0.114. The monoisotopic (exact) mass is 279 g/mol. The van der Waals surface area contributed by atoms with Crippen molar-refractivity contribution in [2.45, 2.75) is 25.9 Å². The maximum atomic E-state index is 11.1. The van der Waals surface area contributed by atoms with Crippen molar-refractivity contribution in [2.75, 3.05) is 30.9 Å². The summed E-state index contributed by atoms with van der Waals surface area (Å²) in [6.07, 6.45) is 2.31. The number of hydrogen-bond donors (Lipinski definition) is 3.